The van der Waals surface area contributed by atoms with Gasteiger partial charge in [-0.3, -0.25) is 4.98 Å². The summed E-state index contributed by atoms with van der Waals surface area (Å²) in [6.07, 6.45) is 5.85. The summed E-state index contributed by atoms with van der Waals surface area (Å²) in [5, 5.41) is 10.5. The Hall–Kier alpha value is -1.01. The van der Waals surface area contributed by atoms with E-state index in [0.29, 0.717) is 5.92 Å². The molecule has 0 amide bonds. The molecule has 3 heteroatoms. The molecule has 14 heavy (non-hydrogen) atoms. The Morgan fingerprint density at radius 1 is 1.50 bits per heavy atom. The first-order valence-corrected chi connectivity index (χ1v) is 5.77. The Bertz CT molecular complexity index is 292. The lowest BCUT2D eigenvalue weighted by molar-refractivity contribution is 0.646. The van der Waals surface area contributed by atoms with Gasteiger partial charge in [0.1, 0.15) is 5.40 Å². The molecule has 0 saturated carbocycles. The molecule has 0 N–H and O–H groups in total. The predicted octanol–water partition coefficient (Wildman–Crippen LogP) is 3.18. The topological polar surface area (TPSA) is 36.7 Å². The van der Waals surface area contributed by atoms with Gasteiger partial charge in [-0.05, 0) is 48.2 Å². The lowest BCUT2D eigenvalue weighted by Crippen LogP contribution is -1.98. The van der Waals surface area contributed by atoms with Gasteiger partial charge in [-0.15, -0.1) is 0 Å². The van der Waals surface area contributed by atoms with Crippen molar-refractivity contribution in [3.05, 3.63) is 30.1 Å². The minimum Gasteiger partial charge on any atom is -0.265 e. The first-order valence-electron chi connectivity index (χ1n) is 4.79. The van der Waals surface area contributed by atoms with Gasteiger partial charge in [0.05, 0.1) is 0 Å². The van der Waals surface area contributed by atoms with Gasteiger partial charge in [-0.1, -0.05) is 6.92 Å². The van der Waals surface area contributed by atoms with Crippen LogP contribution in [-0.4, -0.2) is 10.7 Å². The van der Waals surface area contributed by atoms with E-state index >= 15 is 0 Å². The molecule has 1 unspecified atom stereocenters. The zero-order chi connectivity index (χ0) is 10.2. The standard InChI is InChI=1S/C11H14N2S/c1-2-10(5-8-14-9-12)11-3-6-13-7-4-11/h3-4,6-7,10H,2,5,8H2,1H3. The fourth-order valence-electron chi connectivity index (χ4n) is 1.49. The van der Waals surface area contributed by atoms with E-state index in [2.05, 4.69) is 29.4 Å². The second-order valence-corrected chi connectivity index (χ2v) is 3.99. The van der Waals surface area contributed by atoms with Gasteiger partial charge in [0.25, 0.3) is 0 Å². The molecule has 1 atom stereocenters. The average Bonchev–Trinajstić information content (AvgIpc) is 2.26. The van der Waals surface area contributed by atoms with Crippen molar-refractivity contribution in [2.45, 2.75) is 25.7 Å². The number of pyridine rings is 1. The molecule has 0 aromatic carbocycles. The van der Waals surface area contributed by atoms with E-state index in [0.717, 1.165) is 18.6 Å². The van der Waals surface area contributed by atoms with E-state index in [4.69, 9.17) is 5.26 Å². The van der Waals surface area contributed by atoms with Crippen LogP contribution in [0, 0.1) is 10.7 Å². The summed E-state index contributed by atoms with van der Waals surface area (Å²) < 4.78 is 0. The summed E-state index contributed by atoms with van der Waals surface area (Å²) in [7, 11) is 0. The summed E-state index contributed by atoms with van der Waals surface area (Å²) in [5.74, 6) is 1.48. The molecular weight excluding hydrogens is 192 g/mol. The molecule has 0 radical (unpaired) electrons. The van der Waals surface area contributed by atoms with Gasteiger partial charge in [-0.25, -0.2) is 0 Å². The van der Waals surface area contributed by atoms with Gasteiger partial charge in [0.2, 0.25) is 0 Å². The third-order valence-corrected chi connectivity index (χ3v) is 2.87. The van der Waals surface area contributed by atoms with Crippen LogP contribution in [0.15, 0.2) is 24.5 Å². The minimum atomic E-state index is 0.568. The van der Waals surface area contributed by atoms with Gasteiger partial charge in [0.15, 0.2) is 0 Å². The maximum atomic E-state index is 8.43. The van der Waals surface area contributed by atoms with Crippen LogP contribution in [-0.2, 0) is 0 Å². The molecule has 0 spiro atoms. The van der Waals surface area contributed by atoms with Crippen molar-refractivity contribution in [1.82, 2.24) is 4.98 Å². The van der Waals surface area contributed by atoms with Gasteiger partial charge >= 0.3 is 0 Å². The molecule has 0 aliphatic carbocycles. The van der Waals surface area contributed by atoms with E-state index in [-0.39, 0.29) is 0 Å². The fourth-order valence-corrected chi connectivity index (χ4v) is 1.98. The number of thiocyanates is 1. The van der Waals surface area contributed by atoms with E-state index < -0.39 is 0 Å². The van der Waals surface area contributed by atoms with Crippen LogP contribution < -0.4 is 0 Å². The molecule has 1 aromatic heterocycles. The zero-order valence-corrected chi connectivity index (χ0v) is 9.13. The largest absolute Gasteiger partial charge is 0.265 e. The van der Waals surface area contributed by atoms with Crippen molar-refractivity contribution in [2.24, 2.45) is 0 Å². The summed E-state index contributed by atoms with van der Waals surface area (Å²) in [6, 6.07) is 4.12. The molecule has 74 valence electrons. The molecule has 0 fully saturated rings. The van der Waals surface area contributed by atoms with Crippen molar-refractivity contribution in [1.29, 1.82) is 5.26 Å². The number of thioether (sulfide) groups is 1. The maximum Gasteiger partial charge on any atom is 0.133 e. The molecule has 0 saturated heterocycles. The molecule has 0 aliphatic heterocycles. The first kappa shape index (κ1) is 11.1. The Morgan fingerprint density at radius 2 is 2.21 bits per heavy atom. The van der Waals surface area contributed by atoms with Crippen molar-refractivity contribution < 1.29 is 0 Å². The Balaban J connectivity index is 2.51. The van der Waals surface area contributed by atoms with Crippen molar-refractivity contribution in [3.8, 4) is 5.40 Å². The molecule has 1 heterocycles. The normalized spacial score (nSPS) is 12.0. The number of hydrogen-bond donors (Lipinski definition) is 0. The third-order valence-electron chi connectivity index (χ3n) is 2.30. The SMILES string of the molecule is CCC(CCSC#N)c1ccncc1. The van der Waals surface area contributed by atoms with Crippen LogP contribution in [0.2, 0.25) is 0 Å². The minimum absolute atomic E-state index is 0.568. The van der Waals surface area contributed by atoms with Gasteiger partial charge in [-0.2, -0.15) is 5.26 Å². The van der Waals surface area contributed by atoms with Crippen molar-refractivity contribution in [3.63, 3.8) is 0 Å². The van der Waals surface area contributed by atoms with Crippen molar-refractivity contribution in [2.75, 3.05) is 5.75 Å². The van der Waals surface area contributed by atoms with Crippen molar-refractivity contribution >= 4 is 11.8 Å². The van der Waals surface area contributed by atoms with E-state index in [1.54, 1.807) is 0 Å². The number of aromatic nitrogens is 1. The average molecular weight is 206 g/mol. The van der Waals surface area contributed by atoms with Crippen LogP contribution in [0.4, 0.5) is 0 Å². The molecule has 0 bridgehead atoms. The number of nitriles is 1. The zero-order valence-electron chi connectivity index (χ0n) is 8.31. The maximum absolute atomic E-state index is 8.43. The number of nitrogens with zero attached hydrogens (tertiary/aromatic N) is 2. The smallest absolute Gasteiger partial charge is 0.133 e. The summed E-state index contributed by atoms with van der Waals surface area (Å²) >= 11 is 1.34. The van der Waals surface area contributed by atoms with Crippen LogP contribution in [0.3, 0.4) is 0 Å². The number of hydrogen-bond acceptors (Lipinski definition) is 3. The Labute approximate surface area is 89.4 Å². The van der Waals surface area contributed by atoms with Crippen LogP contribution in [0.25, 0.3) is 0 Å². The molecular formula is C11H14N2S. The van der Waals surface area contributed by atoms with E-state index in [1.807, 2.05) is 12.4 Å². The van der Waals surface area contributed by atoms with E-state index in [9.17, 15) is 0 Å². The highest BCUT2D eigenvalue weighted by molar-refractivity contribution is 8.03. The highest BCUT2D eigenvalue weighted by atomic mass is 32.2. The molecule has 1 aromatic rings. The van der Waals surface area contributed by atoms with Gasteiger partial charge < -0.3 is 0 Å². The quantitative estimate of drug-likeness (QED) is 0.548. The molecule has 0 aliphatic rings. The first-order chi connectivity index (χ1) is 6.88. The summed E-state index contributed by atoms with van der Waals surface area (Å²) in [6.45, 7) is 2.18. The second-order valence-electron chi connectivity index (χ2n) is 3.11. The third kappa shape index (κ3) is 3.39. The molecule has 2 nitrogen and oxygen atoms in total. The lowest BCUT2D eigenvalue weighted by atomic mass is 9.95. The van der Waals surface area contributed by atoms with Gasteiger partial charge in [0, 0.05) is 18.1 Å². The lowest BCUT2D eigenvalue weighted by Gasteiger charge is -2.13. The predicted molar refractivity (Wildman–Crippen MR) is 60.0 cm³/mol. The summed E-state index contributed by atoms with van der Waals surface area (Å²) in [5.41, 5.74) is 1.33. The van der Waals surface area contributed by atoms with Crippen LogP contribution in [0.5, 0.6) is 0 Å². The summed E-state index contributed by atoms with van der Waals surface area (Å²) in [4.78, 5) is 4.00. The number of rotatable bonds is 5. The highest BCUT2D eigenvalue weighted by Gasteiger charge is 2.08. The Morgan fingerprint density at radius 3 is 2.79 bits per heavy atom. The van der Waals surface area contributed by atoms with E-state index in [1.165, 1.54) is 17.3 Å². The van der Waals surface area contributed by atoms with Crippen LogP contribution in [0.1, 0.15) is 31.2 Å². The Kier molecular flexibility index (Phi) is 5.09. The monoisotopic (exact) mass is 206 g/mol. The second kappa shape index (κ2) is 6.44. The highest BCUT2D eigenvalue weighted by Crippen LogP contribution is 2.23. The van der Waals surface area contributed by atoms with Crippen LogP contribution >= 0.6 is 11.8 Å². The fraction of sp³-hybridized carbons (Fsp3) is 0.455. The molecule has 1 rings (SSSR count).